The van der Waals surface area contributed by atoms with Crippen molar-refractivity contribution in [3.8, 4) is 0 Å². The predicted octanol–water partition coefficient (Wildman–Crippen LogP) is -1.47. The second-order valence-corrected chi connectivity index (χ2v) is 4.43. The van der Waals surface area contributed by atoms with Crippen molar-refractivity contribution in [3.05, 3.63) is 0 Å². The Balaban J connectivity index is 2.34. The Hall–Kier alpha value is -1.67. The third kappa shape index (κ3) is 6.16. The Morgan fingerprint density at radius 3 is 2.16 bits per heavy atom. The van der Waals surface area contributed by atoms with Crippen LogP contribution in [-0.2, 0) is 9.59 Å². The van der Waals surface area contributed by atoms with Gasteiger partial charge in [-0.1, -0.05) is 0 Å². The fraction of sp³-hybridized carbons (Fsp3) is 0.727. The summed E-state index contributed by atoms with van der Waals surface area (Å²) in [6.45, 7) is 2.83. The van der Waals surface area contributed by atoms with Crippen LogP contribution in [0.4, 0.5) is 4.79 Å². The van der Waals surface area contributed by atoms with Crippen molar-refractivity contribution in [1.29, 1.82) is 0 Å². The summed E-state index contributed by atoms with van der Waals surface area (Å²) in [4.78, 5) is 36.9. The average molecular weight is 272 g/mol. The van der Waals surface area contributed by atoms with Crippen molar-refractivity contribution in [1.82, 2.24) is 20.4 Å². The minimum absolute atomic E-state index is 0.0261. The SMILES string of the molecule is CNC(=O)NC(=O)CN1CCCN(CC(=O)O)CC1. The van der Waals surface area contributed by atoms with Gasteiger partial charge in [0.2, 0.25) is 5.91 Å². The van der Waals surface area contributed by atoms with E-state index in [1.807, 2.05) is 9.80 Å². The van der Waals surface area contributed by atoms with Crippen LogP contribution < -0.4 is 10.6 Å². The molecule has 0 unspecified atom stereocenters. The zero-order valence-electron chi connectivity index (χ0n) is 11.0. The van der Waals surface area contributed by atoms with Crippen LogP contribution in [0.5, 0.6) is 0 Å². The van der Waals surface area contributed by atoms with Gasteiger partial charge in [0.15, 0.2) is 0 Å². The minimum Gasteiger partial charge on any atom is -0.480 e. The van der Waals surface area contributed by atoms with E-state index in [0.717, 1.165) is 13.0 Å². The first-order valence-electron chi connectivity index (χ1n) is 6.19. The summed E-state index contributed by atoms with van der Waals surface area (Å²) >= 11 is 0. The van der Waals surface area contributed by atoms with Crippen molar-refractivity contribution in [2.45, 2.75) is 6.42 Å². The third-order valence-electron chi connectivity index (χ3n) is 2.89. The molecule has 108 valence electrons. The highest BCUT2D eigenvalue weighted by atomic mass is 16.4. The number of rotatable bonds is 4. The summed E-state index contributed by atoms with van der Waals surface area (Å²) in [5.41, 5.74) is 0. The zero-order valence-corrected chi connectivity index (χ0v) is 11.0. The second kappa shape index (κ2) is 7.70. The summed E-state index contributed by atoms with van der Waals surface area (Å²) < 4.78 is 0. The number of hydrogen-bond donors (Lipinski definition) is 3. The van der Waals surface area contributed by atoms with Crippen molar-refractivity contribution < 1.29 is 19.5 Å². The molecule has 8 nitrogen and oxygen atoms in total. The summed E-state index contributed by atoms with van der Waals surface area (Å²) in [5.74, 6) is -1.20. The van der Waals surface area contributed by atoms with Gasteiger partial charge >= 0.3 is 12.0 Å². The van der Waals surface area contributed by atoms with Crippen LogP contribution in [0.15, 0.2) is 0 Å². The van der Waals surface area contributed by atoms with Crippen molar-refractivity contribution in [3.63, 3.8) is 0 Å². The van der Waals surface area contributed by atoms with Gasteiger partial charge in [-0.3, -0.25) is 24.7 Å². The number of urea groups is 1. The molecular formula is C11H20N4O4. The highest BCUT2D eigenvalue weighted by Crippen LogP contribution is 2.02. The normalized spacial score (nSPS) is 17.5. The summed E-state index contributed by atoms with van der Waals surface area (Å²) in [7, 11) is 1.44. The van der Waals surface area contributed by atoms with Crippen molar-refractivity contribution >= 4 is 17.9 Å². The maximum Gasteiger partial charge on any atom is 0.321 e. The van der Waals surface area contributed by atoms with Gasteiger partial charge in [0.1, 0.15) is 0 Å². The number of carboxylic acid groups (broad SMARTS) is 1. The topological polar surface area (TPSA) is 102 Å². The van der Waals surface area contributed by atoms with E-state index < -0.39 is 12.0 Å². The molecule has 0 atom stereocenters. The molecule has 0 bridgehead atoms. The monoisotopic (exact) mass is 272 g/mol. The van der Waals surface area contributed by atoms with Crippen LogP contribution >= 0.6 is 0 Å². The van der Waals surface area contributed by atoms with E-state index in [-0.39, 0.29) is 19.0 Å². The van der Waals surface area contributed by atoms with Crippen molar-refractivity contribution in [2.75, 3.05) is 46.3 Å². The predicted molar refractivity (Wildman–Crippen MR) is 67.7 cm³/mol. The lowest BCUT2D eigenvalue weighted by Gasteiger charge is -2.19. The Labute approximate surface area is 111 Å². The molecule has 8 heteroatoms. The van der Waals surface area contributed by atoms with E-state index >= 15 is 0 Å². The molecule has 1 aliphatic rings. The second-order valence-electron chi connectivity index (χ2n) is 4.43. The maximum atomic E-state index is 11.5. The van der Waals surface area contributed by atoms with Crippen molar-refractivity contribution in [2.24, 2.45) is 0 Å². The van der Waals surface area contributed by atoms with Crippen LogP contribution in [0.1, 0.15) is 6.42 Å². The molecule has 1 aliphatic heterocycles. The van der Waals surface area contributed by atoms with E-state index in [1.165, 1.54) is 7.05 Å². The maximum absolute atomic E-state index is 11.5. The standard InChI is InChI=1S/C11H20N4O4/c1-12-11(19)13-9(16)7-14-3-2-4-15(6-5-14)8-10(17)18/h2-8H2,1H3,(H,17,18)(H2,12,13,16,19). The van der Waals surface area contributed by atoms with E-state index in [0.29, 0.717) is 19.6 Å². The Bertz CT molecular complexity index is 348. The number of carbonyl (C=O) groups is 3. The lowest BCUT2D eigenvalue weighted by atomic mass is 10.3. The van der Waals surface area contributed by atoms with Crippen LogP contribution in [0, 0.1) is 0 Å². The molecule has 19 heavy (non-hydrogen) atoms. The van der Waals surface area contributed by atoms with Crippen LogP contribution in [-0.4, -0.2) is 79.1 Å². The highest BCUT2D eigenvalue weighted by Gasteiger charge is 2.18. The first-order valence-corrected chi connectivity index (χ1v) is 6.19. The summed E-state index contributed by atoms with van der Waals surface area (Å²) in [6.07, 6.45) is 0.806. The molecule has 0 aliphatic carbocycles. The molecule has 0 aromatic rings. The van der Waals surface area contributed by atoms with E-state index in [4.69, 9.17) is 5.11 Å². The summed E-state index contributed by atoms with van der Waals surface area (Å²) in [5, 5.41) is 13.2. The molecule has 3 N–H and O–H groups in total. The van der Waals surface area contributed by atoms with E-state index in [9.17, 15) is 14.4 Å². The van der Waals surface area contributed by atoms with E-state index in [2.05, 4.69) is 10.6 Å². The van der Waals surface area contributed by atoms with Gasteiger partial charge in [0.25, 0.3) is 0 Å². The first-order chi connectivity index (χ1) is 9.01. The van der Waals surface area contributed by atoms with Crippen LogP contribution in [0.25, 0.3) is 0 Å². The highest BCUT2D eigenvalue weighted by molar-refractivity contribution is 5.95. The Morgan fingerprint density at radius 1 is 1.05 bits per heavy atom. The van der Waals surface area contributed by atoms with Gasteiger partial charge in [0, 0.05) is 26.7 Å². The molecule has 3 amide bonds. The third-order valence-corrected chi connectivity index (χ3v) is 2.89. The van der Waals surface area contributed by atoms with Crippen LogP contribution in [0.2, 0.25) is 0 Å². The molecule has 0 aromatic carbocycles. The molecule has 0 saturated carbocycles. The van der Waals surface area contributed by atoms with Crippen LogP contribution in [0.3, 0.4) is 0 Å². The number of nitrogens with one attached hydrogen (secondary N) is 2. The molecule has 1 heterocycles. The smallest absolute Gasteiger partial charge is 0.321 e. The van der Waals surface area contributed by atoms with Gasteiger partial charge in [0.05, 0.1) is 13.1 Å². The molecule has 1 rings (SSSR count). The number of carboxylic acids is 1. The quantitative estimate of drug-likeness (QED) is 0.578. The van der Waals surface area contributed by atoms with E-state index in [1.54, 1.807) is 0 Å². The lowest BCUT2D eigenvalue weighted by molar-refractivity contribution is -0.138. The number of aliphatic carboxylic acids is 1. The number of carbonyl (C=O) groups excluding carboxylic acids is 2. The van der Waals surface area contributed by atoms with Gasteiger partial charge in [-0.25, -0.2) is 4.79 Å². The molecular weight excluding hydrogens is 252 g/mol. The molecule has 1 saturated heterocycles. The van der Waals surface area contributed by atoms with Gasteiger partial charge in [-0.15, -0.1) is 0 Å². The molecule has 0 radical (unpaired) electrons. The first kappa shape index (κ1) is 15.4. The Morgan fingerprint density at radius 2 is 1.63 bits per heavy atom. The Kier molecular flexibility index (Phi) is 6.23. The zero-order chi connectivity index (χ0) is 14.3. The number of hydrogen-bond acceptors (Lipinski definition) is 5. The average Bonchev–Trinajstić information content (AvgIpc) is 2.54. The van der Waals surface area contributed by atoms with Gasteiger partial charge < -0.3 is 10.4 Å². The molecule has 0 spiro atoms. The fourth-order valence-corrected chi connectivity index (χ4v) is 1.96. The van der Waals surface area contributed by atoms with Gasteiger partial charge in [-0.05, 0) is 13.0 Å². The lowest BCUT2D eigenvalue weighted by Crippen LogP contribution is -2.44. The summed E-state index contributed by atoms with van der Waals surface area (Å²) in [6, 6.07) is -0.521. The largest absolute Gasteiger partial charge is 0.480 e. The number of imide groups is 1. The van der Waals surface area contributed by atoms with Gasteiger partial charge in [-0.2, -0.15) is 0 Å². The molecule has 1 fully saturated rings. The molecule has 0 aromatic heterocycles. The minimum atomic E-state index is -0.842. The number of amides is 3. The fourth-order valence-electron chi connectivity index (χ4n) is 1.96. The number of nitrogens with zero attached hydrogens (tertiary/aromatic N) is 2.